The van der Waals surface area contributed by atoms with Crippen molar-refractivity contribution in [2.45, 2.75) is 19.3 Å². The highest BCUT2D eigenvalue weighted by molar-refractivity contribution is 5.81. The molecule has 0 amide bonds. The second-order valence-electron chi connectivity index (χ2n) is 4.40. The number of carbonyl (C=O) groups is 1. The number of nitrogens with one attached hydrogen (secondary N) is 1. The quantitative estimate of drug-likeness (QED) is 0.841. The minimum atomic E-state index is -0.254. The van der Waals surface area contributed by atoms with Gasteiger partial charge in [-0.15, -0.1) is 0 Å². The lowest BCUT2D eigenvalue weighted by Crippen LogP contribution is -2.14. The predicted molar refractivity (Wildman–Crippen MR) is 60.7 cm³/mol. The highest BCUT2D eigenvalue weighted by Gasteiger charge is 2.17. The molecular weight excluding hydrogens is 205 g/mol. The molecule has 1 saturated heterocycles. The molecule has 1 atom stereocenters. The summed E-state index contributed by atoms with van der Waals surface area (Å²) >= 11 is 0. The van der Waals surface area contributed by atoms with Crippen molar-refractivity contribution >= 4 is 5.78 Å². The fourth-order valence-electron chi connectivity index (χ4n) is 2.11. The molecule has 0 spiro atoms. The summed E-state index contributed by atoms with van der Waals surface area (Å²) in [6.45, 7) is 1.98. The van der Waals surface area contributed by atoms with Gasteiger partial charge in [0.15, 0.2) is 0 Å². The molecule has 2 rings (SSSR count). The van der Waals surface area contributed by atoms with Gasteiger partial charge in [0.2, 0.25) is 0 Å². The highest BCUT2D eigenvalue weighted by Crippen LogP contribution is 2.14. The van der Waals surface area contributed by atoms with Gasteiger partial charge in [-0.3, -0.25) is 4.79 Å². The largest absolute Gasteiger partial charge is 0.316 e. The van der Waals surface area contributed by atoms with Crippen LogP contribution in [0.3, 0.4) is 0 Å². The van der Waals surface area contributed by atoms with Crippen LogP contribution in [0.4, 0.5) is 4.39 Å². The van der Waals surface area contributed by atoms with Crippen LogP contribution in [0.15, 0.2) is 24.3 Å². The summed E-state index contributed by atoms with van der Waals surface area (Å²) in [5, 5.41) is 3.25. The van der Waals surface area contributed by atoms with Crippen LogP contribution in [0.1, 0.15) is 18.4 Å². The maximum atomic E-state index is 12.7. The van der Waals surface area contributed by atoms with Crippen molar-refractivity contribution < 1.29 is 9.18 Å². The lowest BCUT2D eigenvalue weighted by molar-refractivity contribution is -0.119. The molecule has 3 heteroatoms. The molecule has 2 nitrogen and oxygen atoms in total. The van der Waals surface area contributed by atoms with Crippen molar-refractivity contribution in [3.05, 3.63) is 35.6 Å². The van der Waals surface area contributed by atoms with Gasteiger partial charge in [0.05, 0.1) is 0 Å². The average Bonchev–Trinajstić information content (AvgIpc) is 2.74. The number of benzene rings is 1. The number of rotatable bonds is 4. The SMILES string of the molecule is O=C(Cc1ccc(F)cc1)CC1CCNC1. The molecule has 16 heavy (non-hydrogen) atoms. The maximum Gasteiger partial charge on any atom is 0.137 e. The summed E-state index contributed by atoms with van der Waals surface area (Å²) in [4.78, 5) is 11.7. The topological polar surface area (TPSA) is 29.1 Å². The Labute approximate surface area is 94.9 Å². The third kappa shape index (κ3) is 3.14. The molecule has 1 aliphatic heterocycles. The Kier molecular flexibility index (Phi) is 3.67. The van der Waals surface area contributed by atoms with E-state index in [1.54, 1.807) is 12.1 Å². The molecule has 0 saturated carbocycles. The molecule has 0 aliphatic carbocycles. The first-order valence-electron chi connectivity index (χ1n) is 5.71. The molecule has 1 unspecified atom stereocenters. The van der Waals surface area contributed by atoms with Gasteiger partial charge in [-0.05, 0) is 43.1 Å². The number of hydrogen-bond donors (Lipinski definition) is 1. The van der Waals surface area contributed by atoms with Crippen molar-refractivity contribution in [1.29, 1.82) is 0 Å². The molecule has 1 N–H and O–H groups in total. The van der Waals surface area contributed by atoms with Crippen LogP contribution in [0, 0.1) is 11.7 Å². The normalized spacial score (nSPS) is 19.9. The molecule has 86 valence electrons. The summed E-state index contributed by atoms with van der Waals surface area (Å²) in [7, 11) is 0. The van der Waals surface area contributed by atoms with Crippen molar-refractivity contribution in [3.8, 4) is 0 Å². The molecule has 1 fully saturated rings. The molecule has 1 aromatic rings. The van der Waals surface area contributed by atoms with Gasteiger partial charge in [-0.2, -0.15) is 0 Å². The van der Waals surface area contributed by atoms with Gasteiger partial charge in [0.1, 0.15) is 11.6 Å². The minimum absolute atomic E-state index is 0.250. The summed E-state index contributed by atoms with van der Waals surface area (Å²) in [6.07, 6.45) is 2.16. The van der Waals surface area contributed by atoms with E-state index >= 15 is 0 Å². The van der Waals surface area contributed by atoms with Crippen LogP contribution in [-0.4, -0.2) is 18.9 Å². The van der Waals surface area contributed by atoms with Crippen LogP contribution >= 0.6 is 0 Å². The minimum Gasteiger partial charge on any atom is -0.316 e. The van der Waals surface area contributed by atoms with Gasteiger partial charge < -0.3 is 5.32 Å². The Morgan fingerprint density at radius 3 is 2.75 bits per heavy atom. The lowest BCUT2D eigenvalue weighted by atomic mass is 9.98. The Hall–Kier alpha value is -1.22. The number of hydrogen-bond acceptors (Lipinski definition) is 2. The molecule has 0 radical (unpaired) electrons. The second kappa shape index (κ2) is 5.21. The zero-order valence-corrected chi connectivity index (χ0v) is 9.21. The zero-order valence-electron chi connectivity index (χ0n) is 9.21. The van der Waals surface area contributed by atoms with Crippen LogP contribution in [0.2, 0.25) is 0 Å². The molecular formula is C13H16FNO. The molecule has 1 heterocycles. The smallest absolute Gasteiger partial charge is 0.137 e. The monoisotopic (exact) mass is 221 g/mol. The summed E-state index contributed by atoms with van der Waals surface area (Å²) in [5.74, 6) is 0.490. The second-order valence-corrected chi connectivity index (χ2v) is 4.40. The lowest BCUT2D eigenvalue weighted by Gasteiger charge is -2.06. The van der Waals surface area contributed by atoms with Crippen molar-refractivity contribution in [2.75, 3.05) is 13.1 Å². The number of ketones is 1. The van der Waals surface area contributed by atoms with Crippen molar-refractivity contribution in [1.82, 2.24) is 5.32 Å². The van der Waals surface area contributed by atoms with Crippen molar-refractivity contribution in [3.63, 3.8) is 0 Å². The van der Waals surface area contributed by atoms with Gasteiger partial charge in [0.25, 0.3) is 0 Å². The van der Waals surface area contributed by atoms with E-state index in [4.69, 9.17) is 0 Å². The Morgan fingerprint density at radius 2 is 2.12 bits per heavy atom. The van der Waals surface area contributed by atoms with E-state index in [2.05, 4.69) is 5.32 Å². The third-order valence-electron chi connectivity index (χ3n) is 2.99. The number of Topliss-reactive ketones (excluding diaryl/α,β-unsaturated/α-hetero) is 1. The summed E-state index contributed by atoms with van der Waals surface area (Å²) in [5.41, 5.74) is 0.900. The van der Waals surface area contributed by atoms with Crippen LogP contribution in [-0.2, 0) is 11.2 Å². The first kappa shape index (κ1) is 11.3. The van der Waals surface area contributed by atoms with Crippen LogP contribution < -0.4 is 5.32 Å². The average molecular weight is 221 g/mol. The summed E-state index contributed by atoms with van der Waals surface area (Å²) in [6, 6.07) is 6.17. The maximum absolute atomic E-state index is 12.7. The van der Waals surface area contributed by atoms with E-state index < -0.39 is 0 Å². The van der Waals surface area contributed by atoms with Crippen molar-refractivity contribution in [2.24, 2.45) is 5.92 Å². The highest BCUT2D eigenvalue weighted by atomic mass is 19.1. The predicted octanol–water partition coefficient (Wildman–Crippen LogP) is 1.94. The zero-order chi connectivity index (χ0) is 11.4. The summed E-state index contributed by atoms with van der Waals surface area (Å²) < 4.78 is 12.7. The van der Waals surface area contributed by atoms with Gasteiger partial charge in [0, 0.05) is 12.8 Å². The van der Waals surface area contributed by atoms with Gasteiger partial charge in [-0.1, -0.05) is 12.1 Å². The first-order chi connectivity index (χ1) is 7.74. The Balaban J connectivity index is 1.84. The van der Waals surface area contributed by atoms with E-state index in [1.165, 1.54) is 12.1 Å². The van der Waals surface area contributed by atoms with Gasteiger partial charge in [-0.25, -0.2) is 4.39 Å². The molecule has 1 aromatic carbocycles. The first-order valence-corrected chi connectivity index (χ1v) is 5.71. The molecule has 0 aromatic heterocycles. The standard InChI is InChI=1S/C13H16FNO/c14-12-3-1-10(2-4-12)7-13(16)8-11-5-6-15-9-11/h1-4,11,15H,5-9H2. The number of carbonyl (C=O) groups excluding carboxylic acids is 1. The Bertz CT molecular complexity index is 355. The number of halogens is 1. The molecule has 0 bridgehead atoms. The van der Waals surface area contributed by atoms with E-state index in [1.807, 2.05) is 0 Å². The van der Waals surface area contributed by atoms with Gasteiger partial charge >= 0.3 is 0 Å². The Morgan fingerprint density at radius 1 is 1.38 bits per heavy atom. The van der Waals surface area contributed by atoms with Crippen LogP contribution in [0.25, 0.3) is 0 Å². The third-order valence-corrected chi connectivity index (χ3v) is 2.99. The van der Waals surface area contributed by atoms with E-state index in [9.17, 15) is 9.18 Å². The fraction of sp³-hybridized carbons (Fsp3) is 0.462. The van der Waals surface area contributed by atoms with E-state index in [0.717, 1.165) is 25.1 Å². The van der Waals surface area contributed by atoms with E-state index in [0.29, 0.717) is 18.8 Å². The van der Waals surface area contributed by atoms with E-state index in [-0.39, 0.29) is 11.6 Å². The fourth-order valence-corrected chi connectivity index (χ4v) is 2.11. The van der Waals surface area contributed by atoms with Crippen LogP contribution in [0.5, 0.6) is 0 Å². The molecule has 1 aliphatic rings.